The molecular weight excluding hydrogens is 226 g/mol. The molecule has 96 valence electrons. The highest BCUT2D eigenvalue weighted by atomic mass is 15.4. The molecule has 0 aliphatic rings. The van der Waals surface area contributed by atoms with Gasteiger partial charge in [0.1, 0.15) is 0 Å². The molecule has 0 saturated heterocycles. The monoisotopic (exact) mass is 245 g/mol. The van der Waals surface area contributed by atoms with Crippen LogP contribution in [0.2, 0.25) is 0 Å². The standard InChI is InChI=1S/C13H19N5/c1-2-9-18-13(10-16-17-18)12(14)7-6-11-5-3-4-8-15-11/h3-5,8,10,12H,2,6-7,9,14H2,1H3. The Morgan fingerprint density at radius 3 is 3.00 bits per heavy atom. The summed E-state index contributed by atoms with van der Waals surface area (Å²) in [6.45, 7) is 2.98. The fraction of sp³-hybridized carbons (Fsp3) is 0.462. The molecule has 0 bridgehead atoms. The van der Waals surface area contributed by atoms with Crippen molar-refractivity contribution in [3.05, 3.63) is 42.0 Å². The molecule has 1 unspecified atom stereocenters. The van der Waals surface area contributed by atoms with E-state index in [1.807, 2.05) is 29.1 Å². The molecule has 0 fully saturated rings. The molecule has 0 aliphatic heterocycles. The van der Waals surface area contributed by atoms with Crippen molar-refractivity contribution in [1.29, 1.82) is 0 Å². The molecule has 5 heteroatoms. The van der Waals surface area contributed by atoms with Gasteiger partial charge in [-0.1, -0.05) is 18.2 Å². The zero-order valence-corrected chi connectivity index (χ0v) is 10.7. The van der Waals surface area contributed by atoms with Crippen LogP contribution in [-0.4, -0.2) is 20.0 Å². The first-order chi connectivity index (χ1) is 8.81. The Hall–Kier alpha value is -1.75. The molecule has 0 spiro atoms. The van der Waals surface area contributed by atoms with Crippen molar-refractivity contribution in [2.24, 2.45) is 5.73 Å². The van der Waals surface area contributed by atoms with Crippen LogP contribution in [0.15, 0.2) is 30.6 Å². The SMILES string of the molecule is CCCn1nncc1C(N)CCc1ccccn1. The van der Waals surface area contributed by atoms with Crippen LogP contribution in [0.1, 0.15) is 37.2 Å². The van der Waals surface area contributed by atoms with Crippen LogP contribution in [0.5, 0.6) is 0 Å². The number of hydrogen-bond donors (Lipinski definition) is 1. The number of rotatable bonds is 6. The summed E-state index contributed by atoms with van der Waals surface area (Å²) in [5.41, 5.74) is 8.27. The summed E-state index contributed by atoms with van der Waals surface area (Å²) in [5, 5.41) is 7.99. The molecule has 2 aromatic rings. The molecule has 2 rings (SSSR count). The maximum Gasteiger partial charge on any atom is 0.0754 e. The van der Waals surface area contributed by atoms with E-state index in [-0.39, 0.29) is 6.04 Å². The lowest BCUT2D eigenvalue weighted by Crippen LogP contribution is -2.17. The number of pyridine rings is 1. The average molecular weight is 245 g/mol. The van der Waals surface area contributed by atoms with Crippen LogP contribution in [0.25, 0.3) is 0 Å². The Bertz CT molecular complexity index is 465. The third-order valence-corrected chi connectivity index (χ3v) is 2.90. The van der Waals surface area contributed by atoms with Gasteiger partial charge in [-0.2, -0.15) is 0 Å². The zero-order chi connectivity index (χ0) is 12.8. The summed E-state index contributed by atoms with van der Waals surface area (Å²) in [6, 6.07) is 5.91. The van der Waals surface area contributed by atoms with Crippen LogP contribution >= 0.6 is 0 Å². The van der Waals surface area contributed by atoms with Crippen LogP contribution in [-0.2, 0) is 13.0 Å². The van der Waals surface area contributed by atoms with E-state index in [1.165, 1.54) is 0 Å². The molecule has 0 amide bonds. The van der Waals surface area contributed by atoms with Gasteiger partial charge in [0.05, 0.1) is 11.9 Å². The van der Waals surface area contributed by atoms with Gasteiger partial charge in [-0.05, 0) is 31.4 Å². The van der Waals surface area contributed by atoms with Crippen molar-refractivity contribution in [3.8, 4) is 0 Å². The Morgan fingerprint density at radius 2 is 2.28 bits per heavy atom. The molecule has 0 saturated carbocycles. The van der Waals surface area contributed by atoms with Gasteiger partial charge in [0, 0.05) is 24.5 Å². The lowest BCUT2D eigenvalue weighted by atomic mass is 10.1. The van der Waals surface area contributed by atoms with Crippen molar-refractivity contribution in [2.45, 2.75) is 38.8 Å². The fourth-order valence-corrected chi connectivity index (χ4v) is 1.94. The smallest absolute Gasteiger partial charge is 0.0754 e. The maximum atomic E-state index is 6.19. The van der Waals surface area contributed by atoms with Crippen molar-refractivity contribution in [3.63, 3.8) is 0 Å². The minimum atomic E-state index is -0.0337. The molecule has 0 radical (unpaired) electrons. The molecule has 1 atom stereocenters. The Kier molecular flexibility index (Phi) is 4.41. The van der Waals surface area contributed by atoms with Gasteiger partial charge in [0.25, 0.3) is 0 Å². The van der Waals surface area contributed by atoms with E-state index in [0.717, 1.165) is 37.2 Å². The molecule has 0 aromatic carbocycles. The van der Waals surface area contributed by atoms with E-state index in [4.69, 9.17) is 5.73 Å². The topological polar surface area (TPSA) is 69.6 Å². The van der Waals surface area contributed by atoms with E-state index >= 15 is 0 Å². The number of aromatic nitrogens is 4. The van der Waals surface area contributed by atoms with E-state index in [1.54, 1.807) is 6.20 Å². The highest BCUT2D eigenvalue weighted by Crippen LogP contribution is 2.15. The Labute approximate surface area is 107 Å². The van der Waals surface area contributed by atoms with Crippen LogP contribution in [0.3, 0.4) is 0 Å². The maximum absolute atomic E-state index is 6.19. The van der Waals surface area contributed by atoms with Crippen molar-refractivity contribution < 1.29 is 0 Å². The van der Waals surface area contributed by atoms with E-state index in [0.29, 0.717) is 0 Å². The summed E-state index contributed by atoms with van der Waals surface area (Å²) >= 11 is 0. The normalized spacial score (nSPS) is 12.6. The van der Waals surface area contributed by atoms with Gasteiger partial charge in [-0.3, -0.25) is 4.98 Å². The molecular formula is C13H19N5. The first-order valence-corrected chi connectivity index (χ1v) is 6.35. The molecule has 5 nitrogen and oxygen atoms in total. The quantitative estimate of drug-likeness (QED) is 0.841. The first kappa shape index (κ1) is 12.7. The largest absolute Gasteiger partial charge is 0.323 e. The summed E-state index contributed by atoms with van der Waals surface area (Å²) in [7, 11) is 0. The van der Waals surface area contributed by atoms with Crippen LogP contribution in [0, 0.1) is 0 Å². The van der Waals surface area contributed by atoms with Crippen molar-refractivity contribution >= 4 is 0 Å². The van der Waals surface area contributed by atoms with Gasteiger partial charge < -0.3 is 5.73 Å². The zero-order valence-electron chi connectivity index (χ0n) is 10.7. The average Bonchev–Trinajstić information content (AvgIpc) is 2.86. The minimum Gasteiger partial charge on any atom is -0.323 e. The Morgan fingerprint density at radius 1 is 1.39 bits per heavy atom. The molecule has 18 heavy (non-hydrogen) atoms. The second kappa shape index (κ2) is 6.26. The highest BCUT2D eigenvalue weighted by molar-refractivity contribution is 5.06. The van der Waals surface area contributed by atoms with Gasteiger partial charge in [0.15, 0.2) is 0 Å². The van der Waals surface area contributed by atoms with Crippen LogP contribution in [0.4, 0.5) is 0 Å². The van der Waals surface area contributed by atoms with Gasteiger partial charge in [-0.15, -0.1) is 5.10 Å². The van der Waals surface area contributed by atoms with Gasteiger partial charge in [0.2, 0.25) is 0 Å². The minimum absolute atomic E-state index is 0.0337. The molecule has 2 aromatic heterocycles. The second-order valence-corrected chi connectivity index (χ2v) is 4.35. The summed E-state index contributed by atoms with van der Waals surface area (Å²) < 4.78 is 1.89. The summed E-state index contributed by atoms with van der Waals surface area (Å²) in [6.07, 6.45) is 6.33. The second-order valence-electron chi connectivity index (χ2n) is 4.35. The third kappa shape index (κ3) is 3.13. The Balaban J connectivity index is 1.95. The predicted molar refractivity (Wildman–Crippen MR) is 69.8 cm³/mol. The van der Waals surface area contributed by atoms with Gasteiger partial charge >= 0.3 is 0 Å². The lowest BCUT2D eigenvalue weighted by Gasteiger charge is -2.12. The lowest BCUT2D eigenvalue weighted by molar-refractivity contribution is 0.512. The van der Waals surface area contributed by atoms with E-state index in [9.17, 15) is 0 Å². The summed E-state index contributed by atoms with van der Waals surface area (Å²) in [5.74, 6) is 0. The summed E-state index contributed by atoms with van der Waals surface area (Å²) in [4.78, 5) is 4.30. The van der Waals surface area contributed by atoms with E-state index < -0.39 is 0 Å². The highest BCUT2D eigenvalue weighted by Gasteiger charge is 2.12. The number of nitrogens with two attached hydrogens (primary N) is 1. The van der Waals surface area contributed by atoms with Crippen molar-refractivity contribution in [1.82, 2.24) is 20.0 Å². The number of hydrogen-bond acceptors (Lipinski definition) is 4. The molecule has 2 N–H and O–H groups in total. The molecule has 2 heterocycles. The third-order valence-electron chi connectivity index (χ3n) is 2.90. The number of aryl methyl sites for hydroxylation is 2. The van der Waals surface area contributed by atoms with E-state index in [2.05, 4.69) is 22.2 Å². The predicted octanol–water partition coefficient (Wildman–Crippen LogP) is 1.72. The molecule has 0 aliphatic carbocycles. The number of nitrogens with zero attached hydrogens (tertiary/aromatic N) is 4. The fourth-order valence-electron chi connectivity index (χ4n) is 1.94. The first-order valence-electron chi connectivity index (χ1n) is 6.35. The van der Waals surface area contributed by atoms with Gasteiger partial charge in [-0.25, -0.2) is 4.68 Å². The van der Waals surface area contributed by atoms with Crippen molar-refractivity contribution in [2.75, 3.05) is 0 Å². The van der Waals surface area contributed by atoms with Crippen LogP contribution < -0.4 is 5.73 Å².